The molecule has 0 radical (unpaired) electrons. The molecular weight excluding hydrogens is 294 g/mol. The molecule has 23 heavy (non-hydrogen) atoms. The van der Waals surface area contributed by atoms with E-state index in [1.54, 1.807) is 6.07 Å². The molecule has 0 spiro atoms. The molecule has 2 aromatic carbocycles. The van der Waals surface area contributed by atoms with Crippen LogP contribution in [-0.2, 0) is 0 Å². The van der Waals surface area contributed by atoms with Gasteiger partial charge in [0.25, 0.3) is 0 Å². The van der Waals surface area contributed by atoms with Crippen LogP contribution in [0.1, 0.15) is 17.9 Å². The Balaban J connectivity index is 1.96. The number of hydrogen-bond donors (Lipinski definition) is 2. The molecule has 0 saturated carbocycles. The monoisotopic (exact) mass is 312 g/mol. The average molecular weight is 312 g/mol. The minimum atomic E-state index is -0.916. The van der Waals surface area contributed by atoms with E-state index < -0.39 is 6.17 Å². The van der Waals surface area contributed by atoms with Crippen LogP contribution in [0, 0.1) is 5.82 Å². The number of nitrogens with one attached hydrogen (secondary N) is 2. The van der Waals surface area contributed by atoms with Crippen LogP contribution < -0.4 is 5.32 Å². The number of rotatable bonds is 2. The fourth-order valence-electron chi connectivity index (χ4n) is 3.51. The van der Waals surface area contributed by atoms with Gasteiger partial charge in [0.1, 0.15) is 12.0 Å². The number of aromatic nitrogens is 1. The minimum Gasteiger partial charge on any atom is -0.354 e. The molecule has 1 aliphatic heterocycles. The number of halogens is 2. The van der Waals surface area contributed by atoms with Crippen LogP contribution in [0.4, 0.5) is 8.78 Å². The second-order valence-electron chi connectivity index (χ2n) is 6.08. The van der Waals surface area contributed by atoms with E-state index in [-0.39, 0.29) is 11.7 Å². The van der Waals surface area contributed by atoms with Gasteiger partial charge in [0.2, 0.25) is 0 Å². The first-order valence-corrected chi connectivity index (χ1v) is 7.95. The van der Waals surface area contributed by atoms with E-state index in [2.05, 4.69) is 10.3 Å². The summed E-state index contributed by atoms with van der Waals surface area (Å²) in [6.45, 7) is 1.26. The van der Waals surface area contributed by atoms with Crippen molar-refractivity contribution in [1.82, 2.24) is 10.3 Å². The lowest BCUT2D eigenvalue weighted by Gasteiger charge is -2.27. The Hall–Kier alpha value is -2.20. The molecule has 0 bridgehead atoms. The van der Waals surface area contributed by atoms with Gasteiger partial charge >= 0.3 is 0 Å². The predicted molar refractivity (Wildman–Crippen MR) is 88.8 cm³/mol. The van der Waals surface area contributed by atoms with E-state index in [0.29, 0.717) is 19.5 Å². The van der Waals surface area contributed by atoms with Crippen molar-refractivity contribution in [3.8, 4) is 11.3 Å². The number of hydrogen-bond acceptors (Lipinski definition) is 1. The van der Waals surface area contributed by atoms with Crippen LogP contribution in [0.15, 0.2) is 48.5 Å². The van der Waals surface area contributed by atoms with Gasteiger partial charge < -0.3 is 10.3 Å². The van der Waals surface area contributed by atoms with Crippen molar-refractivity contribution in [2.75, 3.05) is 13.1 Å². The molecule has 0 aliphatic carbocycles. The SMILES string of the molecule is Fc1ccc2[nH]c(-c3ccccc3)c(C3CNCCC3F)c2c1. The van der Waals surface area contributed by atoms with Gasteiger partial charge in [-0.1, -0.05) is 30.3 Å². The molecule has 3 aromatic rings. The zero-order chi connectivity index (χ0) is 15.8. The summed E-state index contributed by atoms with van der Waals surface area (Å²) in [4.78, 5) is 3.36. The van der Waals surface area contributed by atoms with E-state index in [1.165, 1.54) is 12.1 Å². The molecule has 2 N–H and O–H groups in total. The Morgan fingerprint density at radius 2 is 1.87 bits per heavy atom. The largest absolute Gasteiger partial charge is 0.354 e. The number of aromatic amines is 1. The third-order valence-electron chi connectivity index (χ3n) is 4.63. The molecule has 1 fully saturated rings. The molecule has 2 atom stereocenters. The number of benzene rings is 2. The van der Waals surface area contributed by atoms with Crippen LogP contribution in [0.5, 0.6) is 0 Å². The highest BCUT2D eigenvalue weighted by atomic mass is 19.1. The lowest BCUT2D eigenvalue weighted by Crippen LogP contribution is -2.36. The second kappa shape index (κ2) is 5.78. The molecule has 1 aromatic heterocycles. The van der Waals surface area contributed by atoms with Crippen LogP contribution in [0.3, 0.4) is 0 Å². The Morgan fingerprint density at radius 1 is 1.04 bits per heavy atom. The van der Waals surface area contributed by atoms with Gasteiger partial charge in [0.05, 0.1) is 5.69 Å². The van der Waals surface area contributed by atoms with E-state index >= 15 is 0 Å². The molecular formula is C19H18F2N2. The highest BCUT2D eigenvalue weighted by Crippen LogP contribution is 2.39. The number of alkyl halides is 1. The molecule has 4 rings (SSSR count). The first-order chi connectivity index (χ1) is 11.2. The van der Waals surface area contributed by atoms with Crippen LogP contribution in [0.25, 0.3) is 22.2 Å². The normalized spacial score (nSPS) is 21.7. The lowest BCUT2D eigenvalue weighted by molar-refractivity contribution is 0.229. The predicted octanol–water partition coefficient (Wildman–Crippen LogP) is 4.39. The average Bonchev–Trinajstić information content (AvgIpc) is 2.94. The Kier molecular flexibility index (Phi) is 3.62. The highest BCUT2D eigenvalue weighted by Gasteiger charge is 2.31. The second-order valence-corrected chi connectivity index (χ2v) is 6.08. The van der Waals surface area contributed by atoms with Crippen molar-refractivity contribution in [2.45, 2.75) is 18.5 Å². The van der Waals surface area contributed by atoms with Crippen molar-refractivity contribution in [2.24, 2.45) is 0 Å². The molecule has 4 heteroatoms. The summed E-state index contributed by atoms with van der Waals surface area (Å²) in [6, 6.07) is 14.5. The van der Waals surface area contributed by atoms with Crippen molar-refractivity contribution in [1.29, 1.82) is 0 Å². The van der Waals surface area contributed by atoms with Gasteiger partial charge in [0, 0.05) is 23.4 Å². The Morgan fingerprint density at radius 3 is 2.65 bits per heavy atom. The first kappa shape index (κ1) is 14.4. The van der Waals surface area contributed by atoms with Crippen LogP contribution in [0.2, 0.25) is 0 Å². The Labute approximate surface area is 133 Å². The van der Waals surface area contributed by atoms with Gasteiger partial charge in [-0.3, -0.25) is 0 Å². The van der Waals surface area contributed by atoms with Gasteiger partial charge in [0.15, 0.2) is 0 Å². The molecule has 118 valence electrons. The van der Waals surface area contributed by atoms with Crippen LogP contribution >= 0.6 is 0 Å². The molecule has 2 heterocycles. The molecule has 1 aliphatic rings. The third kappa shape index (κ3) is 2.53. The maximum Gasteiger partial charge on any atom is 0.123 e. The Bertz CT molecular complexity index is 826. The molecule has 1 saturated heterocycles. The first-order valence-electron chi connectivity index (χ1n) is 7.95. The summed E-state index contributed by atoms with van der Waals surface area (Å²) in [5.41, 5.74) is 3.61. The lowest BCUT2D eigenvalue weighted by atomic mass is 9.86. The van der Waals surface area contributed by atoms with Crippen molar-refractivity contribution in [3.05, 3.63) is 59.9 Å². The maximum absolute atomic E-state index is 14.6. The van der Waals surface area contributed by atoms with E-state index in [1.807, 2.05) is 30.3 Å². The van der Waals surface area contributed by atoms with Gasteiger partial charge in [-0.2, -0.15) is 0 Å². The van der Waals surface area contributed by atoms with Gasteiger partial charge in [-0.25, -0.2) is 8.78 Å². The summed E-state index contributed by atoms with van der Waals surface area (Å²) in [7, 11) is 0. The van der Waals surface area contributed by atoms with Crippen molar-refractivity contribution in [3.63, 3.8) is 0 Å². The highest BCUT2D eigenvalue weighted by molar-refractivity contribution is 5.91. The van der Waals surface area contributed by atoms with Gasteiger partial charge in [-0.05, 0) is 42.3 Å². The van der Waals surface area contributed by atoms with E-state index in [4.69, 9.17) is 0 Å². The van der Waals surface area contributed by atoms with Crippen LogP contribution in [-0.4, -0.2) is 24.2 Å². The van der Waals surface area contributed by atoms with E-state index in [9.17, 15) is 8.78 Å². The molecule has 2 nitrogen and oxygen atoms in total. The summed E-state index contributed by atoms with van der Waals surface area (Å²) in [5, 5.41) is 4.04. The summed E-state index contributed by atoms with van der Waals surface area (Å²) >= 11 is 0. The van der Waals surface area contributed by atoms with Crippen molar-refractivity contribution >= 4 is 10.9 Å². The molecule has 0 amide bonds. The number of H-pyrrole nitrogens is 1. The minimum absolute atomic E-state index is 0.269. The smallest absolute Gasteiger partial charge is 0.123 e. The molecule has 2 unspecified atom stereocenters. The number of piperidine rings is 1. The quantitative estimate of drug-likeness (QED) is 0.721. The fraction of sp³-hybridized carbons (Fsp3) is 0.263. The zero-order valence-electron chi connectivity index (χ0n) is 12.7. The standard InChI is InChI=1S/C19H18F2N2/c20-13-6-7-17-14(10-13)18(15-11-22-9-8-16(15)21)19(23-17)12-4-2-1-3-5-12/h1-7,10,15-16,22-23H,8-9,11H2. The topological polar surface area (TPSA) is 27.8 Å². The third-order valence-corrected chi connectivity index (χ3v) is 4.63. The van der Waals surface area contributed by atoms with Gasteiger partial charge in [-0.15, -0.1) is 0 Å². The van der Waals surface area contributed by atoms with Crippen molar-refractivity contribution < 1.29 is 8.78 Å². The van der Waals surface area contributed by atoms with E-state index in [0.717, 1.165) is 27.7 Å². The summed E-state index contributed by atoms with van der Waals surface area (Å²) in [6.07, 6.45) is -0.429. The summed E-state index contributed by atoms with van der Waals surface area (Å²) in [5.74, 6) is -0.564. The maximum atomic E-state index is 14.6. The summed E-state index contributed by atoms with van der Waals surface area (Å²) < 4.78 is 28.4. The number of fused-ring (bicyclic) bond motifs is 1. The zero-order valence-corrected chi connectivity index (χ0v) is 12.7. The fourth-order valence-corrected chi connectivity index (χ4v) is 3.51.